The first-order chi connectivity index (χ1) is 13.1. The number of methoxy groups -OCH3 is 1. The van der Waals surface area contributed by atoms with Gasteiger partial charge in [-0.15, -0.1) is 0 Å². The third-order valence-electron chi connectivity index (χ3n) is 5.13. The highest BCUT2D eigenvalue weighted by Crippen LogP contribution is 2.22. The van der Waals surface area contributed by atoms with E-state index in [1.54, 1.807) is 7.11 Å². The Hall–Kier alpha value is -1.89. The molecule has 0 aliphatic carbocycles. The Bertz CT molecular complexity index is 716. The maximum absolute atomic E-state index is 9.45. The van der Waals surface area contributed by atoms with Crippen LogP contribution >= 0.6 is 0 Å². The molecule has 1 fully saturated rings. The number of aliphatic hydroxyl groups excluding tert-OH is 1. The van der Waals surface area contributed by atoms with Crippen LogP contribution in [0.25, 0.3) is 5.69 Å². The molecular weight excluding hydrogens is 340 g/mol. The average Bonchev–Trinajstić information content (AvgIpc) is 3.12. The van der Waals surface area contributed by atoms with Crippen LogP contribution in [0, 0.1) is 5.92 Å². The summed E-state index contributed by atoms with van der Waals surface area (Å²) < 4.78 is 7.33. The predicted molar refractivity (Wildman–Crippen MR) is 107 cm³/mol. The first-order valence-electron chi connectivity index (χ1n) is 9.85. The number of hydrogen-bond donors (Lipinski definition) is 1. The second-order valence-electron chi connectivity index (χ2n) is 7.76. The highest BCUT2D eigenvalue weighted by atomic mass is 16.5. The van der Waals surface area contributed by atoms with Crippen molar-refractivity contribution in [1.29, 1.82) is 0 Å². The van der Waals surface area contributed by atoms with Gasteiger partial charge in [-0.05, 0) is 24.5 Å². The van der Waals surface area contributed by atoms with Gasteiger partial charge in [-0.25, -0.2) is 4.68 Å². The van der Waals surface area contributed by atoms with Gasteiger partial charge in [-0.2, -0.15) is 5.10 Å². The van der Waals surface area contributed by atoms with E-state index in [1.807, 2.05) is 35.1 Å². The number of hydrogen-bond acceptors (Lipinski definition) is 5. The Kier molecular flexibility index (Phi) is 6.88. The lowest BCUT2D eigenvalue weighted by atomic mass is 10.1. The van der Waals surface area contributed by atoms with Crippen molar-refractivity contribution < 1.29 is 9.84 Å². The second kappa shape index (κ2) is 9.35. The molecule has 1 aromatic carbocycles. The number of benzene rings is 1. The normalized spacial score (nSPS) is 18.9. The van der Waals surface area contributed by atoms with Gasteiger partial charge in [-0.3, -0.25) is 9.80 Å². The van der Waals surface area contributed by atoms with Crippen molar-refractivity contribution in [2.24, 2.45) is 5.92 Å². The van der Waals surface area contributed by atoms with Gasteiger partial charge >= 0.3 is 0 Å². The number of para-hydroxylation sites is 2. The number of piperazine rings is 1. The zero-order chi connectivity index (χ0) is 19.2. The van der Waals surface area contributed by atoms with E-state index in [0.717, 1.165) is 50.6 Å². The fourth-order valence-electron chi connectivity index (χ4n) is 3.88. The molecule has 1 atom stereocenters. The summed E-state index contributed by atoms with van der Waals surface area (Å²) in [5, 5.41) is 14.0. The number of ether oxygens (including phenoxy) is 1. The topological polar surface area (TPSA) is 53.8 Å². The van der Waals surface area contributed by atoms with Gasteiger partial charge in [0, 0.05) is 57.1 Å². The number of aliphatic hydroxyl groups is 1. The smallest absolute Gasteiger partial charge is 0.144 e. The third kappa shape index (κ3) is 5.09. The van der Waals surface area contributed by atoms with Crippen LogP contribution in [-0.2, 0) is 6.54 Å². The van der Waals surface area contributed by atoms with Crippen molar-refractivity contribution in [2.45, 2.75) is 32.9 Å². The van der Waals surface area contributed by atoms with E-state index in [9.17, 15) is 5.11 Å². The Morgan fingerprint density at radius 3 is 2.81 bits per heavy atom. The molecule has 1 unspecified atom stereocenters. The Morgan fingerprint density at radius 2 is 2.07 bits per heavy atom. The lowest BCUT2D eigenvalue weighted by molar-refractivity contribution is 0.0477. The molecule has 6 heteroatoms. The minimum absolute atomic E-state index is 0.249. The molecule has 0 bridgehead atoms. The van der Waals surface area contributed by atoms with Crippen molar-refractivity contribution in [3.63, 3.8) is 0 Å². The third-order valence-corrected chi connectivity index (χ3v) is 5.13. The molecular formula is C21H32N4O2. The van der Waals surface area contributed by atoms with Crippen LogP contribution in [0.4, 0.5) is 0 Å². The lowest BCUT2D eigenvalue weighted by Gasteiger charge is -2.42. The molecule has 1 aliphatic rings. The zero-order valence-electron chi connectivity index (χ0n) is 16.7. The Balaban J connectivity index is 1.65. The molecule has 148 valence electrons. The summed E-state index contributed by atoms with van der Waals surface area (Å²) in [4.78, 5) is 5.01. The van der Waals surface area contributed by atoms with E-state index < -0.39 is 0 Å². The van der Waals surface area contributed by atoms with Gasteiger partial charge in [0.2, 0.25) is 0 Å². The molecule has 1 aliphatic heterocycles. The van der Waals surface area contributed by atoms with Gasteiger partial charge < -0.3 is 9.84 Å². The monoisotopic (exact) mass is 372 g/mol. The summed E-state index contributed by atoms with van der Waals surface area (Å²) >= 11 is 0. The minimum Gasteiger partial charge on any atom is -0.494 e. The van der Waals surface area contributed by atoms with Gasteiger partial charge in [0.15, 0.2) is 0 Å². The van der Waals surface area contributed by atoms with E-state index in [0.29, 0.717) is 12.0 Å². The fourth-order valence-corrected chi connectivity index (χ4v) is 3.88. The molecule has 0 radical (unpaired) electrons. The minimum atomic E-state index is 0.249. The summed E-state index contributed by atoms with van der Waals surface area (Å²) in [5.74, 6) is 1.47. The molecule has 2 aromatic rings. The second-order valence-corrected chi connectivity index (χ2v) is 7.76. The molecule has 0 saturated carbocycles. The van der Waals surface area contributed by atoms with Crippen LogP contribution in [0.1, 0.15) is 25.8 Å². The van der Waals surface area contributed by atoms with E-state index in [4.69, 9.17) is 4.74 Å². The van der Waals surface area contributed by atoms with E-state index >= 15 is 0 Å². The molecule has 27 heavy (non-hydrogen) atoms. The van der Waals surface area contributed by atoms with Crippen LogP contribution in [-0.4, -0.2) is 70.6 Å². The van der Waals surface area contributed by atoms with E-state index in [-0.39, 0.29) is 6.61 Å². The summed E-state index contributed by atoms with van der Waals surface area (Å²) in [6, 6.07) is 8.34. The quantitative estimate of drug-likeness (QED) is 0.771. The van der Waals surface area contributed by atoms with E-state index in [2.05, 4.69) is 34.9 Å². The van der Waals surface area contributed by atoms with Gasteiger partial charge in [0.1, 0.15) is 11.4 Å². The van der Waals surface area contributed by atoms with Gasteiger partial charge in [-0.1, -0.05) is 26.0 Å². The fraction of sp³-hybridized carbons (Fsp3) is 0.571. The summed E-state index contributed by atoms with van der Waals surface area (Å²) in [6.45, 7) is 9.85. The Morgan fingerprint density at radius 1 is 1.26 bits per heavy atom. The van der Waals surface area contributed by atoms with Crippen molar-refractivity contribution in [1.82, 2.24) is 19.6 Å². The zero-order valence-corrected chi connectivity index (χ0v) is 16.7. The van der Waals surface area contributed by atoms with Gasteiger partial charge in [0.05, 0.1) is 13.3 Å². The molecule has 1 aromatic heterocycles. The van der Waals surface area contributed by atoms with Crippen LogP contribution < -0.4 is 4.74 Å². The van der Waals surface area contributed by atoms with Crippen LogP contribution in [0.5, 0.6) is 5.75 Å². The lowest BCUT2D eigenvalue weighted by Crippen LogP contribution is -2.53. The van der Waals surface area contributed by atoms with Crippen molar-refractivity contribution in [2.75, 3.05) is 39.9 Å². The van der Waals surface area contributed by atoms with Crippen molar-refractivity contribution in [3.8, 4) is 11.4 Å². The molecule has 6 nitrogen and oxygen atoms in total. The molecule has 0 amide bonds. The first kappa shape index (κ1) is 19.9. The summed E-state index contributed by atoms with van der Waals surface area (Å²) in [5.41, 5.74) is 2.15. The van der Waals surface area contributed by atoms with Gasteiger partial charge in [0.25, 0.3) is 0 Å². The number of aromatic nitrogens is 2. The van der Waals surface area contributed by atoms with Crippen LogP contribution in [0.2, 0.25) is 0 Å². The maximum Gasteiger partial charge on any atom is 0.144 e. The van der Waals surface area contributed by atoms with Crippen molar-refractivity contribution in [3.05, 3.63) is 42.2 Å². The first-order valence-corrected chi connectivity index (χ1v) is 9.85. The van der Waals surface area contributed by atoms with Crippen molar-refractivity contribution >= 4 is 0 Å². The molecule has 1 saturated heterocycles. The molecule has 1 N–H and O–H groups in total. The summed E-state index contributed by atoms with van der Waals surface area (Å²) in [6.07, 6.45) is 4.86. The molecule has 0 spiro atoms. The highest BCUT2D eigenvalue weighted by Gasteiger charge is 2.27. The standard InChI is InChI=1S/C21H32N4O2/c1-17(2)13-24-10-9-23(16-19(24)8-11-26)14-18-12-22-25(15-18)20-6-4-5-7-21(20)27-3/h4-7,12,15,17,19,26H,8-11,13-14,16H2,1-3H3. The highest BCUT2D eigenvalue weighted by molar-refractivity contribution is 5.46. The van der Waals surface area contributed by atoms with Crippen LogP contribution in [0.15, 0.2) is 36.7 Å². The molecule has 3 rings (SSSR count). The Labute approximate surface area is 162 Å². The predicted octanol–water partition coefficient (Wildman–Crippen LogP) is 2.41. The SMILES string of the molecule is COc1ccccc1-n1cc(CN2CCN(CC(C)C)C(CCO)C2)cn1. The molecule has 2 heterocycles. The van der Waals surface area contributed by atoms with Crippen LogP contribution in [0.3, 0.4) is 0 Å². The maximum atomic E-state index is 9.45. The number of nitrogens with zero attached hydrogens (tertiary/aromatic N) is 4. The number of rotatable bonds is 8. The largest absolute Gasteiger partial charge is 0.494 e. The average molecular weight is 373 g/mol. The summed E-state index contributed by atoms with van der Waals surface area (Å²) in [7, 11) is 1.68. The van der Waals surface area contributed by atoms with E-state index in [1.165, 1.54) is 5.56 Å².